The minimum Gasteiger partial charge on any atom is -0.264 e. The molecular formula is C9H10BrN. The molecule has 0 saturated carbocycles. The molecule has 0 fully saturated rings. The van der Waals surface area contributed by atoms with E-state index < -0.39 is 0 Å². The molecule has 1 rings (SSSR count). The second-order valence-electron chi connectivity index (χ2n) is 2.29. The third kappa shape index (κ3) is 2.46. The number of hydrogen-bond acceptors (Lipinski definition) is 1. The van der Waals surface area contributed by atoms with Gasteiger partial charge in [-0.1, -0.05) is 28.1 Å². The first-order valence-corrected chi connectivity index (χ1v) is 4.60. The summed E-state index contributed by atoms with van der Waals surface area (Å²) in [5.74, 6) is 0. The van der Waals surface area contributed by atoms with E-state index in [0.717, 1.165) is 5.33 Å². The molecule has 0 unspecified atom stereocenters. The molecule has 0 aliphatic rings. The van der Waals surface area contributed by atoms with Crippen molar-refractivity contribution in [3.63, 3.8) is 0 Å². The highest BCUT2D eigenvalue weighted by atomic mass is 79.9. The summed E-state index contributed by atoms with van der Waals surface area (Å²) in [4.78, 5) is 4.01. The summed E-state index contributed by atoms with van der Waals surface area (Å²) in [6.45, 7) is 2.06. The average molecular weight is 212 g/mol. The van der Waals surface area contributed by atoms with Crippen LogP contribution in [0.1, 0.15) is 11.1 Å². The van der Waals surface area contributed by atoms with Crippen LogP contribution in [0.3, 0.4) is 0 Å². The average Bonchev–Trinajstić information content (AvgIpc) is 2.03. The van der Waals surface area contributed by atoms with Gasteiger partial charge in [0.25, 0.3) is 0 Å². The van der Waals surface area contributed by atoms with Gasteiger partial charge in [0.05, 0.1) is 0 Å². The zero-order chi connectivity index (χ0) is 8.10. The molecule has 2 heteroatoms. The predicted octanol–water partition coefficient (Wildman–Crippen LogP) is 2.80. The van der Waals surface area contributed by atoms with E-state index in [9.17, 15) is 0 Å². The van der Waals surface area contributed by atoms with Gasteiger partial charge in [0.2, 0.25) is 0 Å². The van der Waals surface area contributed by atoms with Crippen LogP contribution in [0.4, 0.5) is 0 Å². The number of alkyl halides is 1. The van der Waals surface area contributed by atoms with Crippen LogP contribution in [0.15, 0.2) is 24.5 Å². The SMILES string of the molecule is Cc1cnccc1/C=C/CBr. The van der Waals surface area contributed by atoms with Crippen molar-refractivity contribution in [1.29, 1.82) is 0 Å². The van der Waals surface area contributed by atoms with Crippen molar-refractivity contribution < 1.29 is 0 Å². The van der Waals surface area contributed by atoms with Gasteiger partial charge in [0, 0.05) is 17.7 Å². The smallest absolute Gasteiger partial charge is 0.0303 e. The molecule has 0 aliphatic heterocycles. The van der Waals surface area contributed by atoms with Crippen LogP contribution in [0.2, 0.25) is 0 Å². The summed E-state index contributed by atoms with van der Waals surface area (Å²) in [7, 11) is 0. The quantitative estimate of drug-likeness (QED) is 0.687. The van der Waals surface area contributed by atoms with E-state index in [0.29, 0.717) is 0 Å². The second kappa shape index (κ2) is 4.29. The predicted molar refractivity (Wildman–Crippen MR) is 51.8 cm³/mol. The Labute approximate surface area is 75.3 Å². The Morgan fingerprint density at radius 2 is 2.45 bits per heavy atom. The van der Waals surface area contributed by atoms with E-state index in [1.165, 1.54) is 11.1 Å². The van der Waals surface area contributed by atoms with E-state index in [4.69, 9.17) is 0 Å². The Morgan fingerprint density at radius 3 is 3.09 bits per heavy atom. The minimum absolute atomic E-state index is 0.898. The van der Waals surface area contributed by atoms with E-state index in [1.807, 2.05) is 12.3 Å². The fourth-order valence-corrected chi connectivity index (χ4v) is 1.03. The molecule has 1 nitrogen and oxygen atoms in total. The van der Waals surface area contributed by atoms with Crippen molar-refractivity contribution in [1.82, 2.24) is 4.98 Å². The lowest BCUT2D eigenvalue weighted by Crippen LogP contribution is -1.80. The Bertz CT molecular complexity index is 255. The fraction of sp³-hybridized carbons (Fsp3) is 0.222. The molecule has 0 spiro atoms. The molecule has 0 aliphatic carbocycles. The third-order valence-corrected chi connectivity index (χ3v) is 1.82. The van der Waals surface area contributed by atoms with Crippen molar-refractivity contribution in [2.75, 3.05) is 5.33 Å². The lowest BCUT2D eigenvalue weighted by molar-refractivity contribution is 1.26. The summed E-state index contributed by atoms with van der Waals surface area (Å²) in [6.07, 6.45) is 7.84. The summed E-state index contributed by atoms with van der Waals surface area (Å²) < 4.78 is 0. The highest BCUT2D eigenvalue weighted by Crippen LogP contribution is 2.06. The van der Waals surface area contributed by atoms with Gasteiger partial charge in [-0.05, 0) is 24.1 Å². The van der Waals surface area contributed by atoms with Crippen LogP contribution in [0.5, 0.6) is 0 Å². The molecule has 58 valence electrons. The molecular weight excluding hydrogens is 202 g/mol. The molecule has 0 atom stereocenters. The number of aryl methyl sites for hydroxylation is 1. The van der Waals surface area contributed by atoms with E-state index in [-0.39, 0.29) is 0 Å². The molecule has 11 heavy (non-hydrogen) atoms. The topological polar surface area (TPSA) is 12.9 Å². The Balaban J connectivity index is 2.86. The van der Waals surface area contributed by atoms with Crippen molar-refractivity contribution in [2.24, 2.45) is 0 Å². The Morgan fingerprint density at radius 1 is 1.64 bits per heavy atom. The normalized spacial score (nSPS) is 10.7. The molecule has 1 heterocycles. The van der Waals surface area contributed by atoms with Gasteiger partial charge >= 0.3 is 0 Å². The molecule has 0 radical (unpaired) electrons. The zero-order valence-corrected chi connectivity index (χ0v) is 8.01. The summed E-state index contributed by atoms with van der Waals surface area (Å²) in [5, 5.41) is 0.898. The minimum atomic E-state index is 0.898. The largest absolute Gasteiger partial charge is 0.264 e. The lowest BCUT2D eigenvalue weighted by atomic mass is 10.1. The Kier molecular flexibility index (Phi) is 3.30. The molecule has 0 N–H and O–H groups in total. The van der Waals surface area contributed by atoms with Crippen molar-refractivity contribution in [2.45, 2.75) is 6.92 Å². The monoisotopic (exact) mass is 211 g/mol. The van der Waals surface area contributed by atoms with Gasteiger partial charge in [-0.3, -0.25) is 4.98 Å². The number of allylic oxidation sites excluding steroid dienone is 1. The second-order valence-corrected chi connectivity index (χ2v) is 2.94. The van der Waals surface area contributed by atoms with Crippen LogP contribution in [0.25, 0.3) is 6.08 Å². The first kappa shape index (κ1) is 8.47. The first-order valence-electron chi connectivity index (χ1n) is 3.47. The highest BCUT2D eigenvalue weighted by Gasteiger charge is 1.89. The number of halogens is 1. The van der Waals surface area contributed by atoms with E-state index >= 15 is 0 Å². The first-order chi connectivity index (χ1) is 5.34. The number of nitrogens with zero attached hydrogens (tertiary/aromatic N) is 1. The highest BCUT2D eigenvalue weighted by molar-refractivity contribution is 9.09. The van der Waals surface area contributed by atoms with Gasteiger partial charge in [0.1, 0.15) is 0 Å². The maximum atomic E-state index is 4.01. The number of rotatable bonds is 2. The van der Waals surface area contributed by atoms with Crippen LogP contribution < -0.4 is 0 Å². The fourth-order valence-electron chi connectivity index (χ4n) is 0.843. The van der Waals surface area contributed by atoms with Crippen LogP contribution in [0, 0.1) is 6.92 Å². The van der Waals surface area contributed by atoms with Crippen LogP contribution in [-0.2, 0) is 0 Å². The van der Waals surface area contributed by atoms with Gasteiger partial charge in [-0.15, -0.1) is 0 Å². The molecule has 0 amide bonds. The standard InChI is InChI=1S/C9H10BrN/c1-8-7-11-6-4-9(8)3-2-5-10/h2-4,6-7H,5H2,1H3/b3-2+. The number of aromatic nitrogens is 1. The van der Waals surface area contributed by atoms with Gasteiger partial charge < -0.3 is 0 Å². The van der Waals surface area contributed by atoms with Crippen LogP contribution >= 0.6 is 15.9 Å². The summed E-state index contributed by atoms with van der Waals surface area (Å²) >= 11 is 3.33. The van der Waals surface area contributed by atoms with Gasteiger partial charge in [-0.25, -0.2) is 0 Å². The van der Waals surface area contributed by atoms with E-state index in [1.54, 1.807) is 6.20 Å². The summed E-state index contributed by atoms with van der Waals surface area (Å²) in [6, 6.07) is 2.01. The maximum Gasteiger partial charge on any atom is 0.0303 e. The zero-order valence-electron chi connectivity index (χ0n) is 6.42. The molecule has 1 aromatic heterocycles. The lowest BCUT2D eigenvalue weighted by Gasteiger charge is -1.95. The maximum absolute atomic E-state index is 4.01. The van der Waals surface area contributed by atoms with Gasteiger partial charge in [0.15, 0.2) is 0 Å². The molecule has 1 aromatic rings. The van der Waals surface area contributed by atoms with E-state index in [2.05, 4.69) is 40.0 Å². The third-order valence-electron chi connectivity index (χ3n) is 1.45. The Hall–Kier alpha value is -0.630. The number of pyridine rings is 1. The molecule has 0 saturated heterocycles. The van der Waals surface area contributed by atoms with Crippen molar-refractivity contribution in [3.05, 3.63) is 35.7 Å². The molecule has 0 aromatic carbocycles. The van der Waals surface area contributed by atoms with Crippen molar-refractivity contribution in [3.8, 4) is 0 Å². The van der Waals surface area contributed by atoms with Crippen molar-refractivity contribution >= 4 is 22.0 Å². The number of hydrogen-bond donors (Lipinski definition) is 0. The molecule has 0 bridgehead atoms. The summed E-state index contributed by atoms with van der Waals surface area (Å²) in [5.41, 5.74) is 2.45. The van der Waals surface area contributed by atoms with Gasteiger partial charge in [-0.2, -0.15) is 0 Å². The van der Waals surface area contributed by atoms with Crippen LogP contribution in [-0.4, -0.2) is 10.3 Å².